The molecule has 114 valence electrons. The first-order valence-electron chi connectivity index (χ1n) is 7.04. The van der Waals surface area contributed by atoms with Crippen molar-refractivity contribution in [3.8, 4) is 0 Å². The SMILES string of the molecule is CSc1ccc(C(=O)N2CC(C)CC(C)C2)cc1[N+](=O)[O-]. The van der Waals surface area contributed by atoms with E-state index in [9.17, 15) is 14.9 Å². The Morgan fingerprint density at radius 3 is 2.48 bits per heavy atom. The van der Waals surface area contributed by atoms with Crippen molar-refractivity contribution < 1.29 is 9.72 Å². The Labute approximate surface area is 128 Å². The molecule has 0 bridgehead atoms. The predicted octanol–water partition coefficient (Wildman–Crippen LogP) is 3.43. The molecule has 1 aliphatic heterocycles. The van der Waals surface area contributed by atoms with Crippen LogP contribution in [0.3, 0.4) is 0 Å². The second kappa shape index (κ2) is 6.47. The Balaban J connectivity index is 2.27. The monoisotopic (exact) mass is 308 g/mol. The van der Waals surface area contributed by atoms with Crippen LogP contribution in [-0.2, 0) is 0 Å². The van der Waals surface area contributed by atoms with Gasteiger partial charge in [0.2, 0.25) is 0 Å². The second-order valence-corrected chi connectivity index (χ2v) is 6.65. The van der Waals surface area contributed by atoms with Gasteiger partial charge in [-0.2, -0.15) is 0 Å². The molecule has 5 nitrogen and oxygen atoms in total. The maximum Gasteiger partial charge on any atom is 0.283 e. The second-order valence-electron chi connectivity index (χ2n) is 5.80. The third-order valence-corrected chi connectivity index (χ3v) is 4.56. The molecular formula is C15H20N2O3S. The molecule has 0 spiro atoms. The van der Waals surface area contributed by atoms with Gasteiger partial charge in [-0.3, -0.25) is 14.9 Å². The molecule has 1 heterocycles. The van der Waals surface area contributed by atoms with Crippen LogP contribution in [0.4, 0.5) is 5.69 Å². The van der Waals surface area contributed by atoms with Crippen LogP contribution in [-0.4, -0.2) is 35.1 Å². The summed E-state index contributed by atoms with van der Waals surface area (Å²) in [7, 11) is 0. The summed E-state index contributed by atoms with van der Waals surface area (Å²) >= 11 is 1.31. The normalized spacial score (nSPS) is 22.1. The third kappa shape index (κ3) is 3.56. The summed E-state index contributed by atoms with van der Waals surface area (Å²) in [6, 6.07) is 4.75. The van der Waals surface area contributed by atoms with E-state index in [-0.39, 0.29) is 11.6 Å². The lowest BCUT2D eigenvalue weighted by Gasteiger charge is -2.35. The average Bonchev–Trinajstić information content (AvgIpc) is 2.44. The summed E-state index contributed by atoms with van der Waals surface area (Å²) < 4.78 is 0. The Morgan fingerprint density at radius 1 is 1.33 bits per heavy atom. The quantitative estimate of drug-likeness (QED) is 0.487. The van der Waals surface area contributed by atoms with Gasteiger partial charge in [-0.05, 0) is 36.6 Å². The summed E-state index contributed by atoms with van der Waals surface area (Å²) in [6.45, 7) is 5.72. The number of amides is 1. The first kappa shape index (κ1) is 15.8. The Kier molecular flexibility index (Phi) is 4.88. The highest BCUT2D eigenvalue weighted by atomic mass is 32.2. The molecule has 21 heavy (non-hydrogen) atoms. The van der Waals surface area contributed by atoms with Crippen molar-refractivity contribution in [1.29, 1.82) is 0 Å². The highest BCUT2D eigenvalue weighted by molar-refractivity contribution is 7.98. The Hall–Kier alpha value is -1.56. The number of carbonyl (C=O) groups is 1. The zero-order valence-electron chi connectivity index (χ0n) is 12.5. The van der Waals surface area contributed by atoms with Crippen LogP contribution in [0.15, 0.2) is 23.1 Å². The summed E-state index contributed by atoms with van der Waals surface area (Å²) in [5, 5.41) is 11.1. The van der Waals surface area contributed by atoms with Gasteiger partial charge >= 0.3 is 0 Å². The number of piperidine rings is 1. The lowest BCUT2D eigenvalue weighted by molar-refractivity contribution is -0.387. The van der Waals surface area contributed by atoms with Crippen LogP contribution in [0, 0.1) is 22.0 Å². The Morgan fingerprint density at radius 2 is 1.95 bits per heavy atom. The van der Waals surface area contributed by atoms with Crippen molar-refractivity contribution >= 4 is 23.4 Å². The van der Waals surface area contributed by atoms with E-state index in [4.69, 9.17) is 0 Å². The highest BCUT2D eigenvalue weighted by Crippen LogP contribution is 2.29. The largest absolute Gasteiger partial charge is 0.338 e. The van der Waals surface area contributed by atoms with Crippen molar-refractivity contribution in [3.05, 3.63) is 33.9 Å². The molecule has 1 fully saturated rings. The van der Waals surface area contributed by atoms with Gasteiger partial charge in [0.25, 0.3) is 11.6 Å². The van der Waals surface area contributed by atoms with Gasteiger partial charge in [0.05, 0.1) is 9.82 Å². The number of hydrogen-bond acceptors (Lipinski definition) is 4. The van der Waals surface area contributed by atoms with Crippen LogP contribution in [0.5, 0.6) is 0 Å². The van der Waals surface area contributed by atoms with Crippen LogP contribution < -0.4 is 0 Å². The maximum absolute atomic E-state index is 12.6. The first-order valence-corrected chi connectivity index (χ1v) is 8.26. The van der Waals surface area contributed by atoms with Gasteiger partial charge in [0, 0.05) is 24.7 Å². The van der Waals surface area contributed by atoms with Crippen LogP contribution >= 0.6 is 11.8 Å². The predicted molar refractivity (Wildman–Crippen MR) is 83.7 cm³/mol. The van der Waals surface area contributed by atoms with E-state index in [2.05, 4.69) is 13.8 Å². The summed E-state index contributed by atoms with van der Waals surface area (Å²) in [5.74, 6) is 0.834. The zero-order valence-corrected chi connectivity index (χ0v) is 13.4. The van der Waals surface area contributed by atoms with E-state index < -0.39 is 4.92 Å². The summed E-state index contributed by atoms with van der Waals surface area (Å²) in [6.07, 6.45) is 2.91. The molecule has 1 aromatic carbocycles. The van der Waals surface area contributed by atoms with E-state index in [1.807, 2.05) is 4.90 Å². The minimum Gasteiger partial charge on any atom is -0.338 e. The number of rotatable bonds is 3. The number of nitro benzene ring substituents is 1. The van der Waals surface area contributed by atoms with Crippen molar-refractivity contribution in [2.24, 2.45) is 11.8 Å². The van der Waals surface area contributed by atoms with E-state index in [0.29, 0.717) is 22.3 Å². The molecule has 1 saturated heterocycles. The van der Waals surface area contributed by atoms with E-state index in [1.54, 1.807) is 18.4 Å². The molecular weight excluding hydrogens is 288 g/mol. The summed E-state index contributed by atoms with van der Waals surface area (Å²) in [4.78, 5) is 25.6. The van der Waals surface area contributed by atoms with E-state index in [1.165, 1.54) is 17.8 Å². The topological polar surface area (TPSA) is 63.5 Å². The standard InChI is InChI=1S/C15H20N2O3S/c1-10-6-11(2)9-16(8-10)15(18)12-4-5-14(21-3)13(7-12)17(19)20/h4-5,7,10-11H,6,8-9H2,1-3H3. The van der Waals surface area contributed by atoms with Crippen LogP contribution in [0.2, 0.25) is 0 Å². The van der Waals surface area contributed by atoms with Crippen molar-refractivity contribution in [3.63, 3.8) is 0 Å². The first-order chi connectivity index (χ1) is 9.92. The molecule has 2 unspecified atom stereocenters. The molecule has 2 rings (SSSR count). The molecule has 6 heteroatoms. The van der Waals surface area contributed by atoms with E-state index >= 15 is 0 Å². The summed E-state index contributed by atoms with van der Waals surface area (Å²) in [5.41, 5.74) is 0.409. The van der Waals surface area contributed by atoms with Crippen LogP contribution in [0.25, 0.3) is 0 Å². The van der Waals surface area contributed by atoms with Crippen molar-refractivity contribution in [2.45, 2.75) is 25.2 Å². The molecule has 1 amide bonds. The smallest absolute Gasteiger partial charge is 0.283 e. The molecule has 0 radical (unpaired) electrons. The maximum atomic E-state index is 12.6. The van der Waals surface area contributed by atoms with Gasteiger partial charge in [0.15, 0.2) is 0 Å². The minimum absolute atomic E-state index is 0.00598. The van der Waals surface area contributed by atoms with E-state index in [0.717, 1.165) is 19.5 Å². The number of thioether (sulfide) groups is 1. The van der Waals surface area contributed by atoms with Gasteiger partial charge < -0.3 is 4.90 Å². The number of nitro groups is 1. The van der Waals surface area contributed by atoms with Gasteiger partial charge in [-0.1, -0.05) is 13.8 Å². The number of carbonyl (C=O) groups excluding carboxylic acids is 1. The molecule has 0 saturated carbocycles. The van der Waals surface area contributed by atoms with Gasteiger partial charge in [0.1, 0.15) is 0 Å². The molecule has 1 aromatic rings. The molecule has 0 N–H and O–H groups in total. The molecule has 0 aromatic heterocycles. The van der Waals surface area contributed by atoms with Gasteiger partial charge in [-0.25, -0.2) is 0 Å². The molecule has 1 aliphatic rings. The number of benzene rings is 1. The number of hydrogen-bond donors (Lipinski definition) is 0. The fourth-order valence-electron chi connectivity index (χ4n) is 2.98. The fourth-order valence-corrected chi connectivity index (χ4v) is 3.52. The Bertz CT molecular complexity index is 552. The highest BCUT2D eigenvalue weighted by Gasteiger charge is 2.27. The molecule has 2 atom stereocenters. The van der Waals surface area contributed by atoms with Crippen molar-refractivity contribution in [2.75, 3.05) is 19.3 Å². The number of likely N-dealkylation sites (tertiary alicyclic amines) is 1. The van der Waals surface area contributed by atoms with Crippen LogP contribution in [0.1, 0.15) is 30.6 Å². The number of nitrogens with zero attached hydrogens (tertiary/aromatic N) is 2. The third-order valence-electron chi connectivity index (χ3n) is 3.78. The fraction of sp³-hybridized carbons (Fsp3) is 0.533. The lowest BCUT2D eigenvalue weighted by Crippen LogP contribution is -2.42. The van der Waals surface area contributed by atoms with Gasteiger partial charge in [-0.15, -0.1) is 11.8 Å². The average molecular weight is 308 g/mol. The molecule has 0 aliphatic carbocycles. The van der Waals surface area contributed by atoms with Crippen molar-refractivity contribution in [1.82, 2.24) is 4.90 Å². The zero-order chi connectivity index (χ0) is 15.6. The minimum atomic E-state index is -0.427. The lowest BCUT2D eigenvalue weighted by atomic mass is 9.91.